The van der Waals surface area contributed by atoms with Crippen molar-refractivity contribution in [3.05, 3.63) is 65.7 Å². The topological polar surface area (TPSA) is 143 Å². The Balaban J connectivity index is 1.63. The van der Waals surface area contributed by atoms with E-state index < -0.39 is 15.9 Å². The van der Waals surface area contributed by atoms with Crippen LogP contribution in [0.15, 0.2) is 48.5 Å². The number of ether oxygens (including phenoxy) is 2. The Morgan fingerprint density at radius 2 is 1.71 bits per heavy atom. The average molecular weight is 556 g/mol. The van der Waals surface area contributed by atoms with Crippen molar-refractivity contribution in [2.45, 2.75) is 30.8 Å². The smallest absolute Gasteiger partial charge is 0.303 e. The van der Waals surface area contributed by atoms with E-state index in [1.807, 2.05) is 0 Å². The van der Waals surface area contributed by atoms with Crippen molar-refractivity contribution in [1.29, 1.82) is 0 Å². The summed E-state index contributed by atoms with van der Waals surface area (Å²) in [4.78, 5) is 18.1. The molecule has 1 aliphatic rings. The van der Waals surface area contributed by atoms with Crippen molar-refractivity contribution in [3.8, 4) is 28.8 Å². The van der Waals surface area contributed by atoms with Gasteiger partial charge >= 0.3 is 5.91 Å². The number of sulfonamides is 1. The molecule has 198 valence electrons. The number of rotatable bonds is 10. The molecule has 0 aliphatic heterocycles. The molecule has 0 radical (unpaired) electrons. The highest BCUT2D eigenvalue weighted by Gasteiger charge is 2.33. The van der Waals surface area contributed by atoms with Gasteiger partial charge in [0.25, 0.3) is 0 Å². The average Bonchev–Trinajstić information content (AvgIpc) is 3.52. The predicted octanol–water partition coefficient (Wildman–Crippen LogP) is 2.51. The summed E-state index contributed by atoms with van der Waals surface area (Å²) in [5.74, 6) is 0.573. The fourth-order valence-electron chi connectivity index (χ4n) is 4.02. The first-order valence-electron chi connectivity index (χ1n) is 11.8. The van der Waals surface area contributed by atoms with Crippen molar-refractivity contribution in [2.75, 3.05) is 14.2 Å². The molecular formula is C24H26N7O5PS. The van der Waals surface area contributed by atoms with Gasteiger partial charge in [0.2, 0.25) is 21.7 Å². The van der Waals surface area contributed by atoms with E-state index in [1.165, 1.54) is 18.8 Å². The third kappa shape index (κ3) is 5.11. The number of methoxy groups -OCH3 is 2. The molecule has 2 heterocycles. The van der Waals surface area contributed by atoms with Crippen LogP contribution in [0.25, 0.3) is 17.3 Å². The maximum Gasteiger partial charge on any atom is 0.303 e. The van der Waals surface area contributed by atoms with Gasteiger partial charge in [-0.1, -0.05) is 36.4 Å². The van der Waals surface area contributed by atoms with Crippen molar-refractivity contribution < 1.29 is 22.7 Å². The zero-order chi connectivity index (χ0) is 26.9. The van der Waals surface area contributed by atoms with E-state index >= 15 is 0 Å². The Kier molecular flexibility index (Phi) is 7.13. The molecule has 1 unspecified atom stereocenters. The number of hydrogen-bond donors (Lipinski definition) is 1. The minimum atomic E-state index is -4.06. The molecule has 12 nitrogen and oxygen atoms in total. The zero-order valence-corrected chi connectivity index (χ0v) is 22.7. The number of para-hydroxylation sites is 1. The number of nitrogens with zero attached hydrogens (tertiary/aromatic N) is 6. The van der Waals surface area contributed by atoms with Gasteiger partial charge in [0, 0.05) is 5.92 Å². The Hall–Kier alpha value is -3.83. The minimum Gasteiger partial charge on any atom is -0.494 e. The first-order valence-corrected chi connectivity index (χ1v) is 14.2. The fourth-order valence-corrected chi connectivity index (χ4v) is 5.36. The molecule has 1 amide bonds. The van der Waals surface area contributed by atoms with E-state index in [9.17, 15) is 13.2 Å². The normalized spacial score (nSPS) is 13.3. The predicted molar refractivity (Wildman–Crippen MR) is 142 cm³/mol. The van der Waals surface area contributed by atoms with Gasteiger partial charge < -0.3 is 9.47 Å². The van der Waals surface area contributed by atoms with Gasteiger partial charge in [-0.2, -0.15) is 5.10 Å². The third-order valence-electron chi connectivity index (χ3n) is 5.94. The van der Waals surface area contributed by atoms with Crippen LogP contribution in [0.2, 0.25) is 0 Å². The van der Waals surface area contributed by atoms with Gasteiger partial charge in [0.1, 0.15) is 17.2 Å². The van der Waals surface area contributed by atoms with E-state index in [4.69, 9.17) is 14.5 Å². The molecule has 2 aromatic heterocycles. The molecule has 38 heavy (non-hydrogen) atoms. The molecule has 1 fully saturated rings. The second kappa shape index (κ2) is 10.5. The Morgan fingerprint density at radius 1 is 1.03 bits per heavy atom. The van der Waals surface area contributed by atoms with Gasteiger partial charge in [-0.05, 0) is 30.5 Å². The fraction of sp³-hybridized carbons (Fsp3) is 0.292. The van der Waals surface area contributed by atoms with E-state index in [0.29, 0.717) is 40.7 Å². The highest BCUT2D eigenvalue weighted by molar-refractivity contribution is 7.89. The molecule has 0 bridgehead atoms. The summed E-state index contributed by atoms with van der Waals surface area (Å²) in [6.07, 6.45) is 2.42. The summed E-state index contributed by atoms with van der Waals surface area (Å²) < 4.78 is 42.0. The van der Waals surface area contributed by atoms with Crippen molar-refractivity contribution in [2.24, 2.45) is 0 Å². The maximum absolute atomic E-state index is 13.4. The van der Waals surface area contributed by atoms with Crippen molar-refractivity contribution in [3.63, 3.8) is 0 Å². The molecule has 2 aromatic carbocycles. The lowest BCUT2D eigenvalue weighted by atomic mass is 10.2. The Morgan fingerprint density at radius 3 is 2.32 bits per heavy atom. The van der Waals surface area contributed by atoms with E-state index in [2.05, 4.69) is 29.3 Å². The lowest BCUT2D eigenvalue weighted by molar-refractivity contribution is 0.0969. The first-order chi connectivity index (χ1) is 18.3. The maximum atomic E-state index is 13.4. The van der Waals surface area contributed by atoms with Crippen LogP contribution in [0.5, 0.6) is 11.5 Å². The van der Waals surface area contributed by atoms with E-state index in [0.717, 1.165) is 12.8 Å². The third-order valence-corrected chi connectivity index (χ3v) is 7.50. The SMILES string of the molecule is COc1cccc(OC)c1-n1c(C(=O)NS(=O)(=O)Cc2ccccc2)nnc1-c1nc(C2CC2)nn1CP. The highest BCUT2D eigenvalue weighted by Crippen LogP contribution is 2.40. The molecule has 5 rings (SSSR count). The number of aromatic nitrogens is 6. The molecule has 1 saturated carbocycles. The van der Waals surface area contributed by atoms with Crippen LogP contribution in [-0.2, 0) is 22.1 Å². The summed E-state index contributed by atoms with van der Waals surface area (Å²) in [7, 11) is 1.48. The summed E-state index contributed by atoms with van der Waals surface area (Å²) in [5, 5.41) is 12.9. The van der Waals surface area contributed by atoms with E-state index in [1.54, 1.807) is 53.2 Å². The molecule has 1 aliphatic carbocycles. The van der Waals surface area contributed by atoms with Crippen LogP contribution in [0, 0.1) is 0 Å². The number of carbonyl (C=O) groups is 1. The van der Waals surface area contributed by atoms with Crippen molar-refractivity contribution in [1.82, 2.24) is 34.3 Å². The number of amides is 1. The summed E-state index contributed by atoms with van der Waals surface area (Å²) in [5.41, 5.74) is 0.844. The number of nitrogens with one attached hydrogen (secondary N) is 1. The largest absolute Gasteiger partial charge is 0.494 e. The van der Waals surface area contributed by atoms with E-state index in [-0.39, 0.29) is 23.3 Å². The van der Waals surface area contributed by atoms with Crippen LogP contribution < -0.4 is 14.2 Å². The van der Waals surface area contributed by atoms with Crippen LogP contribution >= 0.6 is 9.24 Å². The molecule has 0 spiro atoms. The molecule has 4 aromatic rings. The highest BCUT2D eigenvalue weighted by atomic mass is 32.2. The summed E-state index contributed by atoms with van der Waals surface area (Å²) in [6, 6.07) is 13.7. The van der Waals surface area contributed by atoms with Gasteiger partial charge in [-0.3, -0.25) is 9.36 Å². The first kappa shape index (κ1) is 25.8. The van der Waals surface area contributed by atoms with Gasteiger partial charge in [0.05, 0.1) is 26.3 Å². The summed E-state index contributed by atoms with van der Waals surface area (Å²) in [6.45, 7) is 0. The number of hydrogen-bond acceptors (Lipinski definition) is 9. The zero-order valence-electron chi connectivity index (χ0n) is 20.7. The van der Waals surface area contributed by atoms with Gasteiger partial charge in [0.15, 0.2) is 11.6 Å². The quantitative estimate of drug-likeness (QED) is 0.292. The second-order valence-electron chi connectivity index (χ2n) is 8.62. The van der Waals surface area contributed by atoms with Crippen LogP contribution in [0.1, 0.15) is 40.8 Å². The van der Waals surface area contributed by atoms with Crippen molar-refractivity contribution >= 4 is 25.2 Å². The number of carbonyl (C=O) groups excluding carboxylic acids is 1. The van der Waals surface area contributed by atoms with Crippen LogP contribution in [0.3, 0.4) is 0 Å². The number of benzene rings is 2. The molecule has 14 heteroatoms. The lowest BCUT2D eigenvalue weighted by Gasteiger charge is -2.17. The van der Waals surface area contributed by atoms with Gasteiger partial charge in [-0.15, -0.1) is 19.4 Å². The Bertz CT molecular complexity index is 1560. The van der Waals surface area contributed by atoms with Crippen LogP contribution in [-0.4, -0.2) is 58.1 Å². The molecule has 0 saturated heterocycles. The van der Waals surface area contributed by atoms with Gasteiger partial charge in [-0.25, -0.2) is 22.8 Å². The summed E-state index contributed by atoms with van der Waals surface area (Å²) >= 11 is 0. The minimum absolute atomic E-state index is 0.181. The molecular weight excluding hydrogens is 529 g/mol. The van der Waals surface area contributed by atoms with Crippen LogP contribution in [0.4, 0.5) is 0 Å². The monoisotopic (exact) mass is 555 g/mol. The second-order valence-corrected chi connectivity index (χ2v) is 10.7. The Labute approximate surface area is 221 Å². The molecule has 1 atom stereocenters. The standard InChI is InChI=1S/C24H26N7O5PS/c1-35-17-9-6-10-18(36-2)19(17)31-22(21-25-20(16-11-12-16)28-30(21)14-37)26-27-23(31)24(32)29-38(33,34)13-15-7-4-3-5-8-15/h3-10,16H,11-14,37H2,1-2H3,(H,29,32). The molecule has 1 N–H and O–H groups in total. The lowest BCUT2D eigenvalue weighted by Crippen LogP contribution is -2.33.